The maximum absolute atomic E-state index is 9.96. The SMILES string of the molecule is CCCC[S][SnH]=[O]. The zero-order chi connectivity index (χ0) is 5.54. The first-order valence-corrected chi connectivity index (χ1v) is 8.90. The second kappa shape index (κ2) is 6.95. The minimum atomic E-state index is -1.30. The first kappa shape index (κ1) is 7.95. The Hall–Kier alpha value is 0.949. The molecule has 0 aliphatic carbocycles. The molecule has 0 aromatic carbocycles. The van der Waals surface area contributed by atoms with Gasteiger partial charge in [-0.2, -0.15) is 0 Å². The topological polar surface area (TPSA) is 17.1 Å². The Balaban J connectivity index is 2.56. The molecule has 0 saturated heterocycles. The van der Waals surface area contributed by atoms with Gasteiger partial charge in [-0.15, -0.1) is 0 Å². The molecule has 0 aliphatic rings. The van der Waals surface area contributed by atoms with E-state index in [0.29, 0.717) is 0 Å². The van der Waals surface area contributed by atoms with E-state index in [4.69, 9.17) is 0 Å². The summed E-state index contributed by atoms with van der Waals surface area (Å²) in [6, 6.07) is 0. The van der Waals surface area contributed by atoms with Crippen LogP contribution >= 0.6 is 8.95 Å². The Labute approximate surface area is 57.3 Å². The van der Waals surface area contributed by atoms with Crippen molar-refractivity contribution in [2.24, 2.45) is 0 Å². The second-order valence-electron chi connectivity index (χ2n) is 1.32. The monoisotopic (exact) mass is 226 g/mol. The van der Waals surface area contributed by atoms with Crippen LogP contribution in [0.5, 0.6) is 0 Å². The van der Waals surface area contributed by atoms with Crippen molar-refractivity contribution in [1.29, 1.82) is 0 Å². The fourth-order valence-electron chi connectivity index (χ4n) is 0.276. The van der Waals surface area contributed by atoms with E-state index in [0.717, 1.165) is 5.75 Å². The van der Waals surface area contributed by atoms with Crippen LogP contribution in [0.2, 0.25) is 0 Å². The van der Waals surface area contributed by atoms with Crippen LogP contribution < -0.4 is 0 Å². The molecule has 0 rings (SSSR count). The molecule has 0 saturated carbocycles. The van der Waals surface area contributed by atoms with Crippen LogP contribution in [0, 0.1) is 0 Å². The van der Waals surface area contributed by atoms with Gasteiger partial charge in [-0.3, -0.25) is 0 Å². The number of hydrogen-bond donors (Lipinski definition) is 0. The van der Waals surface area contributed by atoms with E-state index < -0.39 is 19.7 Å². The number of unbranched alkanes of at least 4 members (excludes halogenated alkanes) is 1. The van der Waals surface area contributed by atoms with E-state index in [1.54, 1.807) is 8.95 Å². The van der Waals surface area contributed by atoms with Gasteiger partial charge >= 0.3 is 57.3 Å². The van der Waals surface area contributed by atoms with E-state index in [1.807, 2.05) is 0 Å². The molecule has 0 aromatic heterocycles. The van der Waals surface area contributed by atoms with Crippen molar-refractivity contribution in [3.63, 3.8) is 0 Å². The summed E-state index contributed by atoms with van der Waals surface area (Å²) in [5.41, 5.74) is 0. The van der Waals surface area contributed by atoms with E-state index in [-0.39, 0.29) is 0 Å². The fourth-order valence-corrected chi connectivity index (χ4v) is 3.08. The third-order valence-electron chi connectivity index (χ3n) is 0.684. The van der Waals surface area contributed by atoms with Crippen molar-refractivity contribution in [3.05, 3.63) is 0 Å². The van der Waals surface area contributed by atoms with Crippen LogP contribution in [0.3, 0.4) is 0 Å². The van der Waals surface area contributed by atoms with Crippen molar-refractivity contribution in [2.75, 3.05) is 5.75 Å². The summed E-state index contributed by atoms with van der Waals surface area (Å²) in [5, 5.41) is 0. The third kappa shape index (κ3) is 6.95. The summed E-state index contributed by atoms with van der Waals surface area (Å²) < 4.78 is 9.96. The van der Waals surface area contributed by atoms with Gasteiger partial charge in [-0.25, -0.2) is 0 Å². The molecule has 0 aromatic rings. The zero-order valence-corrected chi connectivity index (χ0v) is 8.63. The van der Waals surface area contributed by atoms with Crippen LogP contribution in [-0.4, -0.2) is 25.5 Å². The Morgan fingerprint density at radius 3 is 2.86 bits per heavy atom. The molecule has 0 amide bonds. The average molecular weight is 225 g/mol. The van der Waals surface area contributed by atoms with Gasteiger partial charge in [0.25, 0.3) is 0 Å². The molecule has 7 heavy (non-hydrogen) atoms. The molecule has 0 bridgehead atoms. The van der Waals surface area contributed by atoms with Gasteiger partial charge in [0, 0.05) is 0 Å². The molecule has 0 fully saturated rings. The molecule has 0 heterocycles. The molecular formula is C4H10OSSn. The summed E-state index contributed by atoms with van der Waals surface area (Å²) in [7, 11) is 1.67. The molecule has 1 nitrogen and oxygen atoms in total. The summed E-state index contributed by atoms with van der Waals surface area (Å²) in [5.74, 6) is 1.13. The summed E-state index contributed by atoms with van der Waals surface area (Å²) in [6.45, 7) is 2.15. The first-order valence-electron chi connectivity index (χ1n) is 2.47. The normalized spacial score (nSPS) is 8.71. The van der Waals surface area contributed by atoms with Crippen LogP contribution in [0.25, 0.3) is 0 Å². The zero-order valence-electron chi connectivity index (χ0n) is 4.52. The quantitative estimate of drug-likeness (QED) is 0.528. The number of hydrogen-bond acceptors (Lipinski definition) is 2. The molecule has 0 spiro atoms. The van der Waals surface area contributed by atoms with Crippen LogP contribution in [0.4, 0.5) is 0 Å². The Morgan fingerprint density at radius 1 is 1.71 bits per heavy atom. The molecule has 0 aliphatic heterocycles. The third-order valence-corrected chi connectivity index (χ3v) is 4.53. The maximum atomic E-state index is 9.96. The van der Waals surface area contributed by atoms with Gasteiger partial charge in [0.2, 0.25) is 0 Å². The van der Waals surface area contributed by atoms with Crippen LogP contribution in [0.15, 0.2) is 0 Å². The molecule has 0 unspecified atom stereocenters. The Bertz CT molecular complexity index is 49.0. The van der Waals surface area contributed by atoms with Gasteiger partial charge in [0.05, 0.1) is 0 Å². The van der Waals surface area contributed by atoms with Gasteiger partial charge in [0.1, 0.15) is 0 Å². The van der Waals surface area contributed by atoms with Crippen LogP contribution in [0.1, 0.15) is 19.8 Å². The van der Waals surface area contributed by atoms with Crippen molar-refractivity contribution in [3.8, 4) is 0 Å². The Morgan fingerprint density at radius 2 is 2.43 bits per heavy atom. The van der Waals surface area contributed by atoms with Gasteiger partial charge in [-0.1, -0.05) is 0 Å². The van der Waals surface area contributed by atoms with Gasteiger partial charge in [0.15, 0.2) is 0 Å². The number of rotatable bonds is 4. The average Bonchev–Trinajstić information content (AvgIpc) is 1.69. The Kier molecular flexibility index (Phi) is 7.89. The van der Waals surface area contributed by atoms with Crippen molar-refractivity contribution >= 4 is 28.7 Å². The van der Waals surface area contributed by atoms with Crippen molar-refractivity contribution in [1.82, 2.24) is 0 Å². The molecule has 3 heteroatoms. The minimum absolute atomic E-state index is 1.13. The van der Waals surface area contributed by atoms with E-state index in [9.17, 15) is 3.08 Å². The molecular weight excluding hydrogens is 215 g/mol. The predicted molar refractivity (Wildman–Crippen MR) is 35.2 cm³/mol. The standard InChI is InChI=1S/C4H10S.O.Sn.H/c1-2-3-4-5;;;/h5H,2-4H2,1H3;;;/q;;+1;/p-1. The molecule has 0 radical (unpaired) electrons. The van der Waals surface area contributed by atoms with Gasteiger partial charge in [-0.05, 0) is 0 Å². The molecule has 0 atom stereocenters. The van der Waals surface area contributed by atoms with E-state index in [1.165, 1.54) is 12.8 Å². The second-order valence-corrected chi connectivity index (χ2v) is 6.76. The van der Waals surface area contributed by atoms with Crippen LogP contribution in [-0.2, 0) is 3.08 Å². The van der Waals surface area contributed by atoms with E-state index >= 15 is 0 Å². The van der Waals surface area contributed by atoms with Crippen molar-refractivity contribution < 1.29 is 3.08 Å². The summed E-state index contributed by atoms with van der Waals surface area (Å²) in [6.07, 6.45) is 2.47. The molecule has 42 valence electrons. The summed E-state index contributed by atoms with van der Waals surface area (Å²) >= 11 is -1.30. The predicted octanol–water partition coefficient (Wildman–Crippen LogP) is 1.22. The van der Waals surface area contributed by atoms with Gasteiger partial charge < -0.3 is 0 Å². The summed E-state index contributed by atoms with van der Waals surface area (Å²) in [4.78, 5) is 0. The van der Waals surface area contributed by atoms with Crippen molar-refractivity contribution in [2.45, 2.75) is 19.8 Å². The molecule has 0 N–H and O–H groups in total. The first-order chi connectivity index (χ1) is 3.41. The van der Waals surface area contributed by atoms with E-state index in [2.05, 4.69) is 6.92 Å². The fraction of sp³-hybridized carbons (Fsp3) is 1.00.